The van der Waals surface area contributed by atoms with Crippen LogP contribution in [0.2, 0.25) is 5.02 Å². The quantitative estimate of drug-likeness (QED) is 0.774. The Balaban J connectivity index is 1.69. The van der Waals surface area contributed by atoms with E-state index in [0.29, 0.717) is 35.3 Å². The molecular formula is C17H22ClN3O2. The Hall–Kier alpha value is -1.59. The van der Waals surface area contributed by atoms with E-state index in [1.54, 1.807) is 18.2 Å². The van der Waals surface area contributed by atoms with Gasteiger partial charge in [-0.1, -0.05) is 11.6 Å². The molecule has 0 bridgehead atoms. The lowest BCUT2D eigenvalue weighted by Gasteiger charge is -2.22. The van der Waals surface area contributed by atoms with E-state index in [4.69, 9.17) is 11.6 Å². The van der Waals surface area contributed by atoms with Crippen LogP contribution in [0.1, 0.15) is 36.0 Å². The number of halogens is 1. The minimum atomic E-state index is -0.184. The Morgan fingerprint density at radius 1 is 1.26 bits per heavy atom. The Morgan fingerprint density at radius 2 is 2.09 bits per heavy atom. The van der Waals surface area contributed by atoms with Crippen LogP contribution in [-0.4, -0.2) is 31.4 Å². The second kappa shape index (κ2) is 7.32. The molecule has 2 fully saturated rings. The Bertz CT molecular complexity index is 596. The van der Waals surface area contributed by atoms with Crippen LogP contribution < -0.4 is 16.0 Å². The van der Waals surface area contributed by atoms with Crippen molar-refractivity contribution in [3.63, 3.8) is 0 Å². The highest BCUT2D eigenvalue weighted by Crippen LogP contribution is 2.28. The van der Waals surface area contributed by atoms with Crippen molar-refractivity contribution >= 4 is 29.1 Å². The number of amides is 2. The van der Waals surface area contributed by atoms with Gasteiger partial charge in [0.05, 0.1) is 17.2 Å². The predicted molar refractivity (Wildman–Crippen MR) is 90.7 cm³/mol. The summed E-state index contributed by atoms with van der Waals surface area (Å²) in [5, 5.41) is 9.52. The van der Waals surface area contributed by atoms with Gasteiger partial charge < -0.3 is 16.0 Å². The normalized spacial score (nSPS) is 20.8. The highest BCUT2D eigenvalue weighted by atomic mass is 35.5. The van der Waals surface area contributed by atoms with Crippen molar-refractivity contribution in [1.29, 1.82) is 0 Å². The number of hydrogen-bond donors (Lipinski definition) is 3. The molecule has 1 unspecified atom stereocenters. The van der Waals surface area contributed by atoms with E-state index >= 15 is 0 Å². The van der Waals surface area contributed by atoms with Crippen molar-refractivity contribution in [1.82, 2.24) is 10.6 Å². The second-order valence-corrected chi connectivity index (χ2v) is 6.81. The maximum Gasteiger partial charge on any atom is 0.253 e. The fraction of sp³-hybridized carbons (Fsp3) is 0.529. The van der Waals surface area contributed by atoms with E-state index in [-0.39, 0.29) is 17.7 Å². The smallest absolute Gasteiger partial charge is 0.253 e. The van der Waals surface area contributed by atoms with Gasteiger partial charge in [-0.25, -0.2) is 0 Å². The van der Waals surface area contributed by atoms with Crippen LogP contribution in [0.3, 0.4) is 0 Å². The van der Waals surface area contributed by atoms with Gasteiger partial charge in [-0.15, -0.1) is 0 Å². The van der Waals surface area contributed by atoms with E-state index in [1.807, 2.05) is 0 Å². The van der Waals surface area contributed by atoms with Crippen LogP contribution >= 0.6 is 11.6 Å². The zero-order valence-electron chi connectivity index (χ0n) is 13.0. The van der Waals surface area contributed by atoms with Crippen molar-refractivity contribution in [3.8, 4) is 0 Å². The summed E-state index contributed by atoms with van der Waals surface area (Å²) in [5.41, 5.74) is 0.952. The highest BCUT2D eigenvalue weighted by molar-refractivity contribution is 6.31. The number of rotatable bonds is 5. The van der Waals surface area contributed by atoms with Crippen LogP contribution in [0.25, 0.3) is 0 Å². The lowest BCUT2D eigenvalue weighted by atomic mass is 9.98. The van der Waals surface area contributed by atoms with E-state index in [0.717, 1.165) is 19.4 Å². The molecule has 1 aromatic rings. The van der Waals surface area contributed by atoms with Gasteiger partial charge in [0.1, 0.15) is 0 Å². The van der Waals surface area contributed by atoms with Gasteiger partial charge in [-0.2, -0.15) is 0 Å². The van der Waals surface area contributed by atoms with Crippen LogP contribution in [0, 0.1) is 11.8 Å². The summed E-state index contributed by atoms with van der Waals surface area (Å²) < 4.78 is 0. The zero-order chi connectivity index (χ0) is 16.2. The van der Waals surface area contributed by atoms with E-state index in [2.05, 4.69) is 16.0 Å². The molecule has 1 aliphatic heterocycles. The Labute approximate surface area is 141 Å². The highest BCUT2D eigenvalue weighted by Gasteiger charge is 2.24. The summed E-state index contributed by atoms with van der Waals surface area (Å²) >= 11 is 6.02. The number of carbonyl (C=O) groups excluding carboxylic acids is 2. The zero-order valence-corrected chi connectivity index (χ0v) is 13.8. The predicted octanol–water partition coefficient (Wildman–Crippen LogP) is 2.42. The number of carbonyl (C=O) groups is 2. The van der Waals surface area contributed by atoms with Crippen LogP contribution in [0.15, 0.2) is 18.2 Å². The molecule has 5 nitrogen and oxygen atoms in total. The summed E-state index contributed by atoms with van der Waals surface area (Å²) in [6.07, 6.45) is 4.21. The molecule has 124 valence electrons. The molecule has 1 saturated carbocycles. The minimum Gasteiger partial charge on any atom is -0.352 e. The van der Waals surface area contributed by atoms with Gasteiger partial charge in [0.2, 0.25) is 5.91 Å². The van der Waals surface area contributed by atoms with Crippen LogP contribution in [-0.2, 0) is 4.79 Å². The molecule has 6 heteroatoms. The molecule has 1 saturated heterocycles. The second-order valence-electron chi connectivity index (χ2n) is 6.38. The standard InChI is InChI=1S/C17H22ClN3O2/c18-13-5-6-15(21-16(22)12-2-1-7-19-10-12)14(8-13)17(23)20-9-11-3-4-11/h5-6,8,11-12,19H,1-4,7,9-10H2,(H,20,23)(H,21,22). The maximum absolute atomic E-state index is 12.4. The van der Waals surface area contributed by atoms with E-state index < -0.39 is 0 Å². The molecule has 2 amide bonds. The third-order valence-electron chi connectivity index (χ3n) is 4.40. The molecule has 3 N–H and O–H groups in total. The number of hydrogen-bond acceptors (Lipinski definition) is 3. The fourth-order valence-corrected chi connectivity index (χ4v) is 2.95. The largest absolute Gasteiger partial charge is 0.352 e. The molecule has 1 aromatic carbocycles. The van der Waals surface area contributed by atoms with Crippen LogP contribution in [0.4, 0.5) is 5.69 Å². The molecule has 0 radical (unpaired) electrons. The lowest BCUT2D eigenvalue weighted by molar-refractivity contribution is -0.120. The van der Waals surface area contributed by atoms with E-state index in [1.165, 1.54) is 12.8 Å². The first-order valence-electron chi connectivity index (χ1n) is 8.23. The van der Waals surface area contributed by atoms with Crippen molar-refractivity contribution in [2.45, 2.75) is 25.7 Å². The molecule has 23 heavy (non-hydrogen) atoms. The summed E-state index contributed by atoms with van der Waals surface area (Å²) in [4.78, 5) is 24.8. The Kier molecular flexibility index (Phi) is 5.18. The summed E-state index contributed by atoms with van der Waals surface area (Å²) in [6, 6.07) is 5.00. The van der Waals surface area contributed by atoms with Crippen molar-refractivity contribution < 1.29 is 9.59 Å². The first kappa shape index (κ1) is 16.3. The fourth-order valence-electron chi connectivity index (χ4n) is 2.78. The molecular weight excluding hydrogens is 314 g/mol. The average Bonchev–Trinajstić information content (AvgIpc) is 3.39. The Morgan fingerprint density at radius 3 is 2.78 bits per heavy atom. The average molecular weight is 336 g/mol. The molecule has 0 aromatic heterocycles. The van der Waals surface area contributed by atoms with Gasteiger partial charge in [-0.3, -0.25) is 9.59 Å². The molecule has 3 rings (SSSR count). The molecule has 1 aliphatic carbocycles. The van der Waals surface area contributed by atoms with Crippen molar-refractivity contribution in [2.24, 2.45) is 11.8 Å². The van der Waals surface area contributed by atoms with E-state index in [9.17, 15) is 9.59 Å². The third kappa shape index (κ3) is 4.45. The SMILES string of the molecule is O=C(NCC1CC1)c1cc(Cl)ccc1NC(=O)C1CCCNC1. The topological polar surface area (TPSA) is 70.2 Å². The number of benzene rings is 1. The molecule has 1 heterocycles. The number of piperidine rings is 1. The third-order valence-corrected chi connectivity index (χ3v) is 4.64. The molecule has 2 aliphatic rings. The van der Waals surface area contributed by atoms with Gasteiger partial charge in [0.25, 0.3) is 5.91 Å². The lowest BCUT2D eigenvalue weighted by Crippen LogP contribution is -2.37. The van der Waals surface area contributed by atoms with Gasteiger partial charge in [0, 0.05) is 18.1 Å². The number of anilines is 1. The first-order chi connectivity index (χ1) is 11.1. The van der Waals surface area contributed by atoms with Crippen LogP contribution in [0.5, 0.6) is 0 Å². The van der Waals surface area contributed by atoms with Gasteiger partial charge >= 0.3 is 0 Å². The van der Waals surface area contributed by atoms with Gasteiger partial charge in [-0.05, 0) is 56.3 Å². The monoisotopic (exact) mass is 335 g/mol. The summed E-state index contributed by atoms with van der Waals surface area (Å²) in [5.74, 6) is 0.318. The maximum atomic E-state index is 12.4. The summed E-state index contributed by atoms with van der Waals surface area (Å²) in [6.45, 7) is 2.33. The molecule has 1 atom stereocenters. The van der Waals surface area contributed by atoms with Crippen molar-refractivity contribution in [3.05, 3.63) is 28.8 Å². The molecule has 0 spiro atoms. The summed E-state index contributed by atoms with van der Waals surface area (Å²) in [7, 11) is 0. The van der Waals surface area contributed by atoms with Gasteiger partial charge in [0.15, 0.2) is 0 Å². The first-order valence-corrected chi connectivity index (χ1v) is 8.60. The van der Waals surface area contributed by atoms with Crippen molar-refractivity contribution in [2.75, 3.05) is 25.0 Å². The number of nitrogens with one attached hydrogen (secondary N) is 3. The minimum absolute atomic E-state index is 0.0456.